The van der Waals surface area contributed by atoms with Crippen LogP contribution in [0.4, 0.5) is 0 Å². The highest BCUT2D eigenvalue weighted by Crippen LogP contribution is 2.25. The summed E-state index contributed by atoms with van der Waals surface area (Å²) in [4.78, 5) is 110. The summed E-state index contributed by atoms with van der Waals surface area (Å²) in [5.41, 5.74) is 0. The van der Waals surface area contributed by atoms with E-state index < -0.39 is 23.9 Å². The molecule has 96 heavy (non-hydrogen) atoms. The van der Waals surface area contributed by atoms with Gasteiger partial charge in [-0.25, -0.2) is 0 Å². The number of unbranched alkanes of at least 4 members (excludes halogenated alkanes) is 16. The quantitative estimate of drug-likeness (QED) is 0.0314. The molecule has 0 aliphatic rings. The van der Waals surface area contributed by atoms with Gasteiger partial charge in [0.2, 0.25) is 0 Å². The Balaban J connectivity index is 5.94. The minimum atomic E-state index is -0.461. The molecule has 0 aliphatic carbocycles. The second kappa shape index (κ2) is 66.5. The first kappa shape index (κ1) is 91.6. The standard InChI is InChI=1S/C77H143N3O16/c1-10-18-26-30-38-66(34-22-14-5)62-74(85)93-58-54-89-70(81)42-46-79(47-43-71(82)90-55-59-94-75(86)63-67(35-23-15-6)39-31-27-19-11-2)52-50-78(9)51-53-80(48-44-72(83)91-56-60-95-76(87)64-68(36-24-16-7)40-32-28-20-12-3)49-45-73(84)92-57-61-96-77(88)65-69(37-25-17-8)41-33-29-21-13-4/h66-69H,10-65H2,1-9H3. The third-order valence-electron chi connectivity index (χ3n) is 18.1. The fraction of sp³-hybridized carbons (Fsp3) is 0.896. The van der Waals surface area contributed by atoms with Crippen LogP contribution in [0.1, 0.15) is 312 Å². The van der Waals surface area contributed by atoms with Crippen LogP contribution in [0, 0.1) is 23.7 Å². The minimum absolute atomic E-state index is 0.0270. The highest BCUT2D eigenvalue weighted by Gasteiger charge is 2.22. The molecule has 562 valence electrons. The zero-order valence-corrected chi connectivity index (χ0v) is 62.8. The predicted octanol–water partition coefficient (Wildman–Crippen LogP) is 16.1. The maximum absolute atomic E-state index is 13.1. The number of rotatable bonds is 70. The minimum Gasteiger partial charge on any atom is -0.462 e. The summed E-state index contributed by atoms with van der Waals surface area (Å²) < 4.78 is 44.1. The summed E-state index contributed by atoms with van der Waals surface area (Å²) >= 11 is 0. The van der Waals surface area contributed by atoms with Gasteiger partial charge in [-0.3, -0.25) is 38.4 Å². The van der Waals surface area contributed by atoms with Crippen molar-refractivity contribution in [3.63, 3.8) is 0 Å². The molecule has 0 aromatic rings. The SMILES string of the molecule is CCCCCCC(CCCC)CC(=O)OCCOC(=O)CCN(CCC(=O)OCCOC(=O)CC(CCCC)CCCCCC)CCN(C)CCN(CCC(=O)OCCOC(=O)CC(CCCC)CCCCCC)CCC(=O)OCCOC(=O)CC(CCCC)CCCCCC. The van der Waals surface area contributed by atoms with Gasteiger partial charge in [-0.15, -0.1) is 0 Å². The van der Waals surface area contributed by atoms with Crippen molar-refractivity contribution < 1.29 is 76.3 Å². The van der Waals surface area contributed by atoms with E-state index in [2.05, 4.69) is 60.3 Å². The molecule has 0 aliphatic heterocycles. The fourth-order valence-electron chi connectivity index (χ4n) is 11.9. The Labute approximate surface area is 584 Å². The molecule has 4 atom stereocenters. The van der Waals surface area contributed by atoms with Crippen molar-refractivity contribution in [1.82, 2.24) is 14.7 Å². The van der Waals surface area contributed by atoms with E-state index in [-0.39, 0.29) is 152 Å². The third kappa shape index (κ3) is 58.6. The highest BCUT2D eigenvalue weighted by atomic mass is 16.6. The lowest BCUT2D eigenvalue weighted by molar-refractivity contribution is -0.153. The summed E-state index contributed by atoms with van der Waals surface area (Å²) in [6.07, 6.45) is 36.5. The average molecular weight is 1370 g/mol. The summed E-state index contributed by atoms with van der Waals surface area (Å²) in [5.74, 6) is -1.82. The van der Waals surface area contributed by atoms with Crippen molar-refractivity contribution in [3.05, 3.63) is 0 Å². The Morgan fingerprint density at radius 1 is 0.229 bits per heavy atom. The lowest BCUT2D eigenvalue weighted by atomic mass is 9.92. The van der Waals surface area contributed by atoms with E-state index in [0.29, 0.717) is 51.9 Å². The number of hydrogen-bond donors (Lipinski definition) is 0. The van der Waals surface area contributed by atoms with Crippen LogP contribution in [0.3, 0.4) is 0 Å². The topological polar surface area (TPSA) is 220 Å². The van der Waals surface area contributed by atoms with Gasteiger partial charge in [0.05, 0.1) is 25.7 Å². The van der Waals surface area contributed by atoms with Crippen molar-refractivity contribution in [2.45, 2.75) is 312 Å². The van der Waals surface area contributed by atoms with Crippen molar-refractivity contribution >= 4 is 47.8 Å². The van der Waals surface area contributed by atoms with Crippen LogP contribution in [0.25, 0.3) is 0 Å². The molecule has 0 heterocycles. The Morgan fingerprint density at radius 3 is 0.615 bits per heavy atom. The molecule has 19 nitrogen and oxygen atoms in total. The van der Waals surface area contributed by atoms with Crippen molar-refractivity contribution in [2.24, 2.45) is 23.7 Å². The molecule has 0 aromatic carbocycles. The van der Waals surface area contributed by atoms with E-state index in [0.717, 1.165) is 180 Å². The number of carbonyl (C=O) groups excluding carboxylic acids is 8. The molecule has 19 heteroatoms. The van der Waals surface area contributed by atoms with Crippen LogP contribution < -0.4 is 0 Å². The average Bonchev–Trinajstić information content (AvgIpc) is 3.00. The highest BCUT2D eigenvalue weighted by molar-refractivity contribution is 5.73. The van der Waals surface area contributed by atoms with E-state index in [1.54, 1.807) is 0 Å². The molecule has 0 N–H and O–H groups in total. The molecule has 0 spiro atoms. The molecule has 0 saturated carbocycles. The van der Waals surface area contributed by atoms with Gasteiger partial charge in [0, 0.05) is 78.0 Å². The first-order chi connectivity index (χ1) is 46.5. The molecule has 0 amide bonds. The molecular weight excluding hydrogens is 1220 g/mol. The summed E-state index contributed by atoms with van der Waals surface area (Å²) in [6, 6.07) is 0. The second-order valence-electron chi connectivity index (χ2n) is 27.0. The molecule has 0 aromatic heterocycles. The Bertz CT molecular complexity index is 1670. The van der Waals surface area contributed by atoms with E-state index in [1.165, 1.54) is 25.7 Å². The molecule has 0 bridgehead atoms. The first-order valence-electron chi connectivity index (χ1n) is 38.9. The van der Waals surface area contributed by atoms with Gasteiger partial charge in [-0.2, -0.15) is 0 Å². The Kier molecular flexibility index (Phi) is 63.5. The monoisotopic (exact) mass is 1370 g/mol. The number of nitrogens with zero attached hydrogens (tertiary/aromatic N) is 3. The van der Waals surface area contributed by atoms with Gasteiger partial charge >= 0.3 is 47.8 Å². The summed E-state index contributed by atoms with van der Waals surface area (Å²) in [5, 5.41) is 0. The largest absolute Gasteiger partial charge is 0.462 e. The van der Waals surface area contributed by atoms with Crippen LogP contribution in [-0.2, 0) is 76.3 Å². The molecule has 0 radical (unpaired) electrons. The van der Waals surface area contributed by atoms with Gasteiger partial charge in [-0.1, -0.05) is 209 Å². The van der Waals surface area contributed by atoms with Crippen LogP contribution >= 0.6 is 0 Å². The number of hydrogen-bond acceptors (Lipinski definition) is 19. The van der Waals surface area contributed by atoms with Crippen molar-refractivity contribution in [1.29, 1.82) is 0 Å². The number of esters is 8. The number of likely N-dealkylation sites (N-methyl/N-ethyl adjacent to an activating group) is 1. The van der Waals surface area contributed by atoms with Crippen molar-refractivity contribution in [2.75, 3.05) is 112 Å². The van der Waals surface area contributed by atoms with Gasteiger partial charge < -0.3 is 52.6 Å². The van der Waals surface area contributed by atoms with Crippen molar-refractivity contribution in [3.8, 4) is 0 Å². The summed E-state index contributed by atoms with van der Waals surface area (Å²) in [7, 11) is 1.94. The van der Waals surface area contributed by atoms with Crippen LogP contribution in [0.15, 0.2) is 0 Å². The zero-order chi connectivity index (χ0) is 70.9. The molecule has 0 rings (SSSR count). The van der Waals surface area contributed by atoms with Gasteiger partial charge in [0.15, 0.2) is 0 Å². The zero-order valence-electron chi connectivity index (χ0n) is 62.8. The van der Waals surface area contributed by atoms with Gasteiger partial charge in [0.25, 0.3) is 0 Å². The molecule has 0 fully saturated rings. The van der Waals surface area contributed by atoms with Gasteiger partial charge in [0.1, 0.15) is 52.9 Å². The second-order valence-corrected chi connectivity index (χ2v) is 27.0. The van der Waals surface area contributed by atoms with Crippen LogP contribution in [0.2, 0.25) is 0 Å². The molecular formula is C77H143N3O16. The van der Waals surface area contributed by atoms with Crippen LogP contribution in [-0.4, -0.2) is 175 Å². The van der Waals surface area contributed by atoms with E-state index in [9.17, 15) is 38.4 Å². The molecule has 4 unspecified atom stereocenters. The maximum atomic E-state index is 13.1. The lowest BCUT2D eigenvalue weighted by Crippen LogP contribution is -2.40. The fourth-order valence-corrected chi connectivity index (χ4v) is 11.9. The smallest absolute Gasteiger partial charge is 0.307 e. The normalized spacial score (nSPS) is 12.7. The van der Waals surface area contributed by atoms with E-state index in [4.69, 9.17) is 37.9 Å². The summed E-state index contributed by atoms with van der Waals surface area (Å²) in [6.45, 7) is 20.1. The van der Waals surface area contributed by atoms with E-state index in [1.807, 2.05) is 16.8 Å². The number of ether oxygens (including phenoxy) is 8. The van der Waals surface area contributed by atoms with Gasteiger partial charge in [-0.05, 0) is 82.1 Å². The molecule has 0 saturated heterocycles. The first-order valence-corrected chi connectivity index (χ1v) is 38.9. The predicted molar refractivity (Wildman–Crippen MR) is 382 cm³/mol. The van der Waals surface area contributed by atoms with Crippen LogP contribution in [0.5, 0.6) is 0 Å². The Morgan fingerprint density at radius 2 is 0.417 bits per heavy atom. The Hall–Kier alpha value is -4.36. The van der Waals surface area contributed by atoms with E-state index >= 15 is 0 Å². The maximum Gasteiger partial charge on any atom is 0.307 e. The third-order valence-corrected chi connectivity index (χ3v) is 18.1. The lowest BCUT2D eigenvalue weighted by Gasteiger charge is -2.27. The number of carbonyl (C=O) groups is 8.